The zero-order valence-electron chi connectivity index (χ0n) is 35.2. The lowest BCUT2D eigenvalue weighted by atomic mass is 9.59. The summed E-state index contributed by atoms with van der Waals surface area (Å²) in [6, 6.07) is 5.13. The summed E-state index contributed by atoms with van der Waals surface area (Å²) in [5.74, 6) is 0.445. The molecule has 1 amide bonds. The summed E-state index contributed by atoms with van der Waals surface area (Å²) < 4.78 is 65.8. The molecule has 1 aromatic carbocycles. The van der Waals surface area contributed by atoms with Crippen LogP contribution >= 0.6 is 0 Å². The second kappa shape index (κ2) is 16.0. The molecule has 326 valence electrons. The van der Waals surface area contributed by atoms with Crippen LogP contribution in [0.4, 0.5) is 19.0 Å². The number of pyridine rings is 1. The highest BCUT2D eigenvalue weighted by Gasteiger charge is 2.55. The van der Waals surface area contributed by atoms with E-state index in [1.807, 2.05) is 11.8 Å². The summed E-state index contributed by atoms with van der Waals surface area (Å²) in [5, 5.41) is 10.4. The maximum absolute atomic E-state index is 17.3. The molecule has 1 saturated carbocycles. The molecule has 7 aliphatic rings. The molecule has 6 aliphatic heterocycles. The average molecular weight is 851 g/mol. The van der Waals surface area contributed by atoms with Crippen molar-refractivity contribution in [3.63, 3.8) is 0 Å². The molecule has 1 aliphatic carbocycles. The van der Waals surface area contributed by atoms with Crippen LogP contribution in [0.15, 0.2) is 31.0 Å². The number of aromatic nitrogens is 3. The molecule has 6 fully saturated rings. The van der Waals surface area contributed by atoms with Gasteiger partial charge in [-0.1, -0.05) is 12.5 Å². The number of benzene rings is 1. The van der Waals surface area contributed by atoms with E-state index < -0.39 is 41.2 Å². The van der Waals surface area contributed by atoms with E-state index in [1.54, 1.807) is 4.90 Å². The number of anilines is 1. The number of carbonyl (C=O) groups excluding carboxylic acids is 1. The van der Waals surface area contributed by atoms with Crippen LogP contribution in [0.1, 0.15) is 87.4 Å². The van der Waals surface area contributed by atoms with Crippen LogP contribution in [0.25, 0.3) is 10.9 Å². The van der Waals surface area contributed by atoms with Gasteiger partial charge in [-0.15, -0.1) is 6.42 Å². The second-order valence-corrected chi connectivity index (χ2v) is 18.9. The van der Waals surface area contributed by atoms with Gasteiger partial charge < -0.3 is 28.9 Å². The van der Waals surface area contributed by atoms with Crippen molar-refractivity contribution in [2.75, 3.05) is 64.1 Å². The van der Waals surface area contributed by atoms with Gasteiger partial charge in [0.1, 0.15) is 35.7 Å². The number of hydrogen-bond donors (Lipinski definition) is 0. The van der Waals surface area contributed by atoms with E-state index in [-0.39, 0.29) is 72.4 Å². The van der Waals surface area contributed by atoms with E-state index in [0.717, 1.165) is 64.8 Å². The van der Waals surface area contributed by atoms with Gasteiger partial charge in [-0.05, 0) is 95.0 Å². The smallest absolute Gasteiger partial charge is 0.319 e. The fourth-order valence-electron chi connectivity index (χ4n) is 12.2. The summed E-state index contributed by atoms with van der Waals surface area (Å²) >= 11 is 0. The monoisotopic (exact) mass is 850 g/mol. The van der Waals surface area contributed by atoms with E-state index in [0.29, 0.717) is 54.5 Å². The number of nitriles is 1. The van der Waals surface area contributed by atoms with Gasteiger partial charge in [0.15, 0.2) is 5.82 Å². The number of carbonyl (C=O) groups is 1. The minimum Gasteiger partial charge on any atom is -0.493 e. The first-order valence-electron chi connectivity index (χ1n) is 22.2. The number of terminal acetylenes is 1. The van der Waals surface area contributed by atoms with Crippen molar-refractivity contribution < 1.29 is 32.2 Å². The van der Waals surface area contributed by atoms with Gasteiger partial charge in [0.25, 0.3) is 0 Å². The number of piperazine rings is 1. The highest BCUT2D eigenvalue weighted by Crippen LogP contribution is 2.54. The van der Waals surface area contributed by atoms with Gasteiger partial charge in [0.2, 0.25) is 5.91 Å². The Balaban J connectivity index is 0.952. The first-order valence-corrected chi connectivity index (χ1v) is 22.2. The van der Waals surface area contributed by atoms with Gasteiger partial charge in [-0.3, -0.25) is 14.7 Å². The molecule has 62 heavy (non-hydrogen) atoms. The molecule has 0 N–H and O–H groups in total. The number of alkyl halides is 1. The molecular weight excluding hydrogens is 798 g/mol. The van der Waals surface area contributed by atoms with Gasteiger partial charge in [0.05, 0.1) is 52.9 Å². The minimum absolute atomic E-state index is 0.00582. The number of ether oxygens (including phenoxy) is 3. The van der Waals surface area contributed by atoms with Crippen molar-refractivity contribution >= 4 is 22.6 Å². The van der Waals surface area contributed by atoms with Gasteiger partial charge in [-0.2, -0.15) is 15.2 Å². The molecule has 8 heterocycles. The highest BCUT2D eigenvalue weighted by molar-refractivity contribution is 5.91. The molecule has 2 aromatic heterocycles. The summed E-state index contributed by atoms with van der Waals surface area (Å²) in [7, 11) is 0. The Kier molecular flexibility index (Phi) is 10.6. The standard InChI is InChI=1S/C47H53F3N8O4/c1-4-33-36(49)6-7-38-40(33)34(10-17-61-38)42-41(50)43-35(23-52-42)44(56-25-31-18-28(22-51)37(26-56)58(31)39(59)5-2)54-45(53-43)62-27-46(3)19-29(48)24-57(46)32-20-47(21-32)11-13-55(14-12-47)30-8-15-60-16-9-30/h1,5-7,23,28-32,34,37H,2,8-21,24-27H2,3H3/t28?,29-,31-,34+,37-,46+/m1/s1. The molecule has 1 spiro atoms. The summed E-state index contributed by atoms with van der Waals surface area (Å²) in [4.78, 5) is 35.9. The molecule has 5 saturated heterocycles. The van der Waals surface area contributed by atoms with E-state index in [9.17, 15) is 10.1 Å². The molecule has 6 atom stereocenters. The molecular formula is C47H53F3N8O4. The van der Waals surface area contributed by atoms with Crippen molar-refractivity contribution in [1.82, 2.24) is 29.7 Å². The summed E-state index contributed by atoms with van der Waals surface area (Å²) in [6.07, 6.45) is 15.2. The van der Waals surface area contributed by atoms with Crippen molar-refractivity contribution in [3.05, 3.63) is 59.4 Å². The zero-order valence-corrected chi connectivity index (χ0v) is 35.2. The van der Waals surface area contributed by atoms with Gasteiger partial charge in [-0.25, -0.2) is 13.2 Å². The SMILES string of the molecule is C#Cc1c(F)ccc2c1[C@@H](c1ncc3c(N4C[C@H]5CC(C#N)[C@@H](C4)N5C(=O)C=C)nc(OC[C@]4(C)C[C@@H](F)CN4C4CC5(CCN(C6CCOCC6)CC5)C4)nc3c1F)CCO2. The van der Waals surface area contributed by atoms with E-state index in [2.05, 4.69) is 33.4 Å². The Morgan fingerprint density at radius 3 is 2.60 bits per heavy atom. The minimum atomic E-state index is -1.02. The number of nitrogens with zero attached hydrogens (tertiary/aromatic N) is 8. The van der Waals surface area contributed by atoms with Gasteiger partial charge >= 0.3 is 6.01 Å². The number of piperidine rings is 1. The van der Waals surface area contributed by atoms with Crippen molar-refractivity contribution in [2.45, 2.75) is 107 Å². The Bertz CT molecular complexity index is 2350. The van der Waals surface area contributed by atoms with Crippen molar-refractivity contribution in [3.8, 4) is 30.2 Å². The molecule has 0 radical (unpaired) electrons. The lowest BCUT2D eigenvalue weighted by Gasteiger charge is -2.57. The summed E-state index contributed by atoms with van der Waals surface area (Å²) in [5.41, 5.74) is -0.0300. The quantitative estimate of drug-likeness (QED) is 0.199. The van der Waals surface area contributed by atoms with Crippen LogP contribution in [0.3, 0.4) is 0 Å². The largest absolute Gasteiger partial charge is 0.493 e. The van der Waals surface area contributed by atoms with E-state index in [1.165, 1.54) is 24.4 Å². The normalized spacial score (nSPS) is 30.1. The molecule has 12 nitrogen and oxygen atoms in total. The van der Waals surface area contributed by atoms with E-state index >= 15 is 13.2 Å². The molecule has 10 rings (SSSR count). The highest BCUT2D eigenvalue weighted by atomic mass is 19.1. The van der Waals surface area contributed by atoms with E-state index in [4.69, 9.17) is 30.6 Å². The Labute approximate surface area is 360 Å². The number of halogens is 3. The lowest BCUT2D eigenvalue weighted by molar-refractivity contribution is -0.129. The summed E-state index contributed by atoms with van der Waals surface area (Å²) in [6.45, 7) is 10.8. The van der Waals surface area contributed by atoms with Crippen LogP contribution in [-0.4, -0.2) is 131 Å². The first-order chi connectivity index (χ1) is 30.0. The maximum Gasteiger partial charge on any atom is 0.319 e. The molecule has 2 bridgehead atoms. The number of amides is 1. The predicted molar refractivity (Wildman–Crippen MR) is 224 cm³/mol. The Morgan fingerprint density at radius 2 is 1.85 bits per heavy atom. The number of fused-ring (bicyclic) bond motifs is 4. The predicted octanol–water partition coefficient (Wildman–Crippen LogP) is 5.92. The average Bonchev–Trinajstić information content (AvgIpc) is 3.71. The number of likely N-dealkylation sites (tertiary alicyclic amines) is 2. The zero-order chi connectivity index (χ0) is 42.9. The first kappa shape index (κ1) is 41.1. The number of hydrogen-bond acceptors (Lipinski definition) is 11. The third-order valence-electron chi connectivity index (χ3n) is 15.4. The van der Waals surface area contributed by atoms with Crippen LogP contribution in [0.5, 0.6) is 11.8 Å². The molecule has 15 heteroatoms. The molecule has 3 aromatic rings. The topological polar surface area (TPSA) is 120 Å². The third-order valence-corrected chi connectivity index (χ3v) is 15.4. The number of rotatable bonds is 8. The lowest BCUT2D eigenvalue weighted by Crippen LogP contribution is -2.60. The third kappa shape index (κ3) is 6.95. The fourth-order valence-corrected chi connectivity index (χ4v) is 12.2. The van der Waals surface area contributed by atoms with Crippen LogP contribution < -0.4 is 14.4 Å². The van der Waals surface area contributed by atoms with Crippen LogP contribution in [0, 0.1) is 46.6 Å². The van der Waals surface area contributed by atoms with Crippen molar-refractivity contribution in [1.29, 1.82) is 5.26 Å². The maximum atomic E-state index is 17.3. The Morgan fingerprint density at radius 1 is 1.06 bits per heavy atom. The van der Waals surface area contributed by atoms with Gasteiger partial charge in [0, 0.05) is 69.0 Å². The fraction of sp³-hybridized carbons (Fsp3) is 0.596. The second-order valence-electron chi connectivity index (χ2n) is 18.9. The van der Waals surface area contributed by atoms with Crippen LogP contribution in [-0.2, 0) is 9.53 Å². The Hall–Kier alpha value is -4.96. The van der Waals surface area contributed by atoms with Crippen LogP contribution in [0.2, 0.25) is 0 Å². The van der Waals surface area contributed by atoms with Crippen molar-refractivity contribution in [2.24, 2.45) is 11.3 Å². The molecule has 1 unspecified atom stereocenters.